The number of rotatable bonds is 50. The topological polar surface area (TPSA) is 111 Å². The number of phosphoric acid groups is 1. The largest absolute Gasteiger partial charge is 0.756 e. The third kappa shape index (κ3) is 52.9. The van der Waals surface area contributed by atoms with Gasteiger partial charge >= 0.3 is 11.9 Å². The average Bonchev–Trinajstić information content (AvgIpc) is 3.29. The number of ether oxygens (including phenoxy) is 2. The lowest BCUT2D eigenvalue weighted by atomic mass is 10.0. The summed E-state index contributed by atoms with van der Waals surface area (Å²) in [6.45, 7) is 4.03. The lowest BCUT2D eigenvalue weighted by Gasteiger charge is -2.28. The molecule has 0 aliphatic carbocycles. The monoisotopic (exact) mass is 962 g/mol. The molecular formula is C57H104NO8P. The molecule has 0 aromatic carbocycles. The molecule has 0 aromatic heterocycles. The van der Waals surface area contributed by atoms with Gasteiger partial charge in [0, 0.05) is 6.42 Å². The fraction of sp³-hybridized carbons (Fsp3) is 0.789. The van der Waals surface area contributed by atoms with Gasteiger partial charge in [0.25, 0.3) is 7.82 Å². The first kappa shape index (κ1) is 64.7. The van der Waals surface area contributed by atoms with Crippen LogP contribution in [0.3, 0.4) is 0 Å². The van der Waals surface area contributed by atoms with Crippen LogP contribution in [0.25, 0.3) is 0 Å². The molecule has 2 atom stereocenters. The predicted octanol–water partition coefficient (Wildman–Crippen LogP) is 16.1. The van der Waals surface area contributed by atoms with Crippen LogP contribution < -0.4 is 4.89 Å². The van der Waals surface area contributed by atoms with Crippen LogP contribution in [0.2, 0.25) is 0 Å². The van der Waals surface area contributed by atoms with Crippen LogP contribution in [-0.2, 0) is 32.7 Å². The van der Waals surface area contributed by atoms with E-state index in [4.69, 9.17) is 18.5 Å². The minimum absolute atomic E-state index is 0.00731. The van der Waals surface area contributed by atoms with Crippen molar-refractivity contribution in [3.63, 3.8) is 0 Å². The van der Waals surface area contributed by atoms with Gasteiger partial charge in [-0.3, -0.25) is 14.2 Å². The van der Waals surface area contributed by atoms with Gasteiger partial charge in [-0.1, -0.05) is 248 Å². The molecule has 390 valence electrons. The Kier molecular flexibility index (Phi) is 47.1. The molecule has 10 heteroatoms. The number of likely N-dealkylation sites (N-methyl/N-ethyl adjacent to an activating group) is 1. The molecule has 0 radical (unpaired) electrons. The Hall–Kier alpha value is -2.29. The van der Waals surface area contributed by atoms with Crippen molar-refractivity contribution in [2.45, 2.75) is 245 Å². The number of carbonyl (C=O) groups excluding carboxylic acids is 2. The summed E-state index contributed by atoms with van der Waals surface area (Å²) in [5, 5.41) is 0. The highest BCUT2D eigenvalue weighted by Crippen LogP contribution is 2.38. The molecule has 0 heterocycles. The van der Waals surface area contributed by atoms with Gasteiger partial charge in [0.15, 0.2) is 6.10 Å². The summed E-state index contributed by atoms with van der Waals surface area (Å²) >= 11 is 0. The zero-order valence-electron chi connectivity index (χ0n) is 44.1. The normalized spacial score (nSPS) is 13.8. The van der Waals surface area contributed by atoms with Crippen molar-refractivity contribution < 1.29 is 42.1 Å². The highest BCUT2D eigenvalue weighted by Gasteiger charge is 2.21. The smallest absolute Gasteiger partial charge is 0.310 e. The van der Waals surface area contributed by atoms with Gasteiger partial charge in [0.2, 0.25) is 0 Å². The molecule has 0 rings (SSSR count). The van der Waals surface area contributed by atoms with E-state index in [1.807, 2.05) is 33.3 Å². The van der Waals surface area contributed by atoms with Crippen molar-refractivity contribution in [1.82, 2.24) is 0 Å². The molecular weight excluding hydrogens is 858 g/mol. The van der Waals surface area contributed by atoms with Crippen molar-refractivity contribution in [1.29, 1.82) is 0 Å². The number of allylic oxidation sites excluding steroid dienone is 9. The summed E-state index contributed by atoms with van der Waals surface area (Å²) in [6, 6.07) is 0. The zero-order chi connectivity index (χ0) is 49.2. The van der Waals surface area contributed by atoms with Crippen molar-refractivity contribution in [2.75, 3.05) is 47.5 Å². The fourth-order valence-corrected chi connectivity index (χ4v) is 8.34. The lowest BCUT2D eigenvalue weighted by molar-refractivity contribution is -0.870. The maximum absolute atomic E-state index is 12.7. The standard InChI is InChI=1S/C57H104NO8P/c1-6-8-10-12-14-16-18-20-22-23-24-25-26-27-28-29-30-31-32-33-34-36-37-39-41-43-45-47-49-56(59)63-53-55(54-65-67(61,62)64-52-51-58(3,4)5)66-57(60)50-48-46-44-42-40-38-35-21-19-17-15-13-11-9-7-2/h9,11,15,17,21,35,40,42,46,48,55H,6-8,10,12-14,16,18-20,22-34,36-39,41,43-45,47,49-54H2,1-5H3/b11-9-,17-15-,35-21-,42-40-,48-46-. The number of hydrogen-bond acceptors (Lipinski definition) is 8. The Morgan fingerprint density at radius 3 is 1.21 bits per heavy atom. The Morgan fingerprint density at radius 2 is 0.836 bits per heavy atom. The molecule has 2 unspecified atom stereocenters. The van der Waals surface area contributed by atoms with Gasteiger partial charge in [-0.15, -0.1) is 0 Å². The molecule has 0 fully saturated rings. The highest BCUT2D eigenvalue weighted by molar-refractivity contribution is 7.45. The van der Waals surface area contributed by atoms with Crippen LogP contribution in [0.15, 0.2) is 60.8 Å². The van der Waals surface area contributed by atoms with Crippen LogP contribution in [0.4, 0.5) is 0 Å². The van der Waals surface area contributed by atoms with Gasteiger partial charge in [0.1, 0.15) is 19.8 Å². The maximum Gasteiger partial charge on any atom is 0.310 e. The van der Waals surface area contributed by atoms with E-state index in [0.29, 0.717) is 17.4 Å². The maximum atomic E-state index is 12.7. The average molecular weight is 962 g/mol. The Bertz CT molecular complexity index is 1320. The second-order valence-electron chi connectivity index (χ2n) is 19.6. The molecule has 9 nitrogen and oxygen atoms in total. The van der Waals surface area contributed by atoms with Crippen LogP contribution in [-0.4, -0.2) is 70.0 Å². The third-order valence-corrected chi connectivity index (χ3v) is 12.8. The second-order valence-corrected chi connectivity index (χ2v) is 21.0. The molecule has 0 aliphatic heterocycles. The quantitative estimate of drug-likeness (QED) is 0.0195. The van der Waals surface area contributed by atoms with E-state index in [9.17, 15) is 19.0 Å². The SMILES string of the molecule is CC/C=C\C/C=C\C/C=C\C/C=C\C/C=C\CC(=O)OC(COC(=O)CCCCCCCCCCCCCCCCCCCCCCCCCCCCCC)COP(=O)([O-])OCC[N+](C)(C)C. The van der Waals surface area contributed by atoms with Crippen molar-refractivity contribution >= 4 is 19.8 Å². The first-order valence-corrected chi connectivity index (χ1v) is 29.0. The Morgan fingerprint density at radius 1 is 0.478 bits per heavy atom. The number of phosphoric ester groups is 1. The van der Waals surface area contributed by atoms with E-state index < -0.39 is 32.5 Å². The number of esters is 2. The van der Waals surface area contributed by atoms with Crippen LogP contribution >= 0.6 is 7.82 Å². The van der Waals surface area contributed by atoms with Gasteiger partial charge in [-0.2, -0.15) is 0 Å². The Balaban J connectivity index is 4.14. The van der Waals surface area contributed by atoms with Crippen LogP contribution in [0, 0.1) is 0 Å². The zero-order valence-corrected chi connectivity index (χ0v) is 45.0. The number of nitrogens with zero attached hydrogens (tertiary/aromatic N) is 1. The molecule has 0 amide bonds. The van der Waals surface area contributed by atoms with E-state index in [-0.39, 0.29) is 26.1 Å². The molecule has 0 spiro atoms. The fourth-order valence-electron chi connectivity index (χ4n) is 7.62. The summed E-state index contributed by atoms with van der Waals surface area (Å²) in [7, 11) is 1.11. The molecule has 0 N–H and O–H groups in total. The summed E-state index contributed by atoms with van der Waals surface area (Å²) in [5.41, 5.74) is 0. The minimum atomic E-state index is -4.66. The molecule has 0 aromatic rings. The van der Waals surface area contributed by atoms with Crippen molar-refractivity contribution in [3.8, 4) is 0 Å². The summed E-state index contributed by atoms with van der Waals surface area (Å²) < 4.78 is 33.9. The first-order chi connectivity index (χ1) is 32.5. The summed E-state index contributed by atoms with van der Waals surface area (Å²) in [6.07, 6.45) is 61.8. The summed E-state index contributed by atoms with van der Waals surface area (Å²) in [4.78, 5) is 37.6. The van der Waals surface area contributed by atoms with Gasteiger partial charge in [-0.25, -0.2) is 0 Å². The Labute approximate surface area is 413 Å². The number of unbranched alkanes of at least 4 members (excludes halogenated alkanes) is 27. The number of carbonyl (C=O) groups is 2. The van der Waals surface area contributed by atoms with Gasteiger partial charge in [-0.05, 0) is 38.5 Å². The molecule has 0 saturated heterocycles. The van der Waals surface area contributed by atoms with E-state index in [1.54, 1.807) is 6.08 Å². The highest BCUT2D eigenvalue weighted by atomic mass is 31.2. The lowest BCUT2D eigenvalue weighted by Crippen LogP contribution is -2.37. The van der Waals surface area contributed by atoms with E-state index in [2.05, 4.69) is 56.4 Å². The molecule has 0 aliphatic rings. The molecule has 0 saturated carbocycles. The third-order valence-electron chi connectivity index (χ3n) is 11.8. The van der Waals surface area contributed by atoms with Crippen LogP contribution in [0.1, 0.15) is 239 Å². The van der Waals surface area contributed by atoms with Crippen molar-refractivity contribution in [2.24, 2.45) is 0 Å². The second kappa shape index (κ2) is 48.7. The van der Waals surface area contributed by atoms with Gasteiger partial charge in [0.05, 0.1) is 34.2 Å². The minimum Gasteiger partial charge on any atom is -0.756 e. The first-order valence-electron chi connectivity index (χ1n) is 27.5. The molecule has 0 bridgehead atoms. The van der Waals surface area contributed by atoms with Crippen LogP contribution in [0.5, 0.6) is 0 Å². The number of quaternary nitrogens is 1. The van der Waals surface area contributed by atoms with E-state index >= 15 is 0 Å². The van der Waals surface area contributed by atoms with E-state index in [0.717, 1.165) is 44.9 Å². The predicted molar refractivity (Wildman–Crippen MR) is 282 cm³/mol. The summed E-state index contributed by atoms with van der Waals surface area (Å²) in [5.74, 6) is -0.975. The van der Waals surface area contributed by atoms with Crippen molar-refractivity contribution in [3.05, 3.63) is 60.8 Å². The molecule has 67 heavy (non-hydrogen) atoms. The number of hydrogen-bond donors (Lipinski definition) is 0. The van der Waals surface area contributed by atoms with Gasteiger partial charge < -0.3 is 27.9 Å². The van der Waals surface area contributed by atoms with E-state index in [1.165, 1.54) is 161 Å².